The Bertz CT molecular complexity index is 579. The lowest BCUT2D eigenvalue weighted by Crippen LogP contribution is -2.02. The first-order valence-electron chi connectivity index (χ1n) is 5.27. The zero-order valence-electron chi connectivity index (χ0n) is 9.60. The van der Waals surface area contributed by atoms with E-state index in [1.165, 1.54) is 0 Å². The van der Waals surface area contributed by atoms with Crippen LogP contribution in [0.4, 0.5) is 14.6 Å². The first kappa shape index (κ1) is 13.3. The summed E-state index contributed by atoms with van der Waals surface area (Å²) >= 11 is 0.286. The summed E-state index contributed by atoms with van der Waals surface area (Å²) in [6.07, 6.45) is 1.64. The van der Waals surface area contributed by atoms with Crippen molar-refractivity contribution in [3.05, 3.63) is 35.8 Å². The first-order chi connectivity index (χ1) is 9.20. The lowest BCUT2D eigenvalue weighted by molar-refractivity contribution is 0.252. The number of nitrogens with one attached hydrogen (secondary N) is 2. The van der Waals surface area contributed by atoms with Crippen molar-refractivity contribution in [3.63, 3.8) is 0 Å². The number of halogens is 2. The van der Waals surface area contributed by atoms with E-state index in [1.807, 2.05) is 6.07 Å². The molecule has 0 saturated carbocycles. The molecule has 0 aliphatic rings. The molecule has 0 aliphatic heterocycles. The predicted molar refractivity (Wildman–Crippen MR) is 66.7 cm³/mol. The van der Waals surface area contributed by atoms with E-state index in [0.717, 1.165) is 5.69 Å². The maximum atomic E-state index is 12.4. The Balaban J connectivity index is 2.12. The molecule has 2 aromatic rings. The van der Waals surface area contributed by atoms with Crippen molar-refractivity contribution in [2.45, 2.75) is 17.2 Å². The number of nitriles is 1. The number of aromatic nitrogens is 3. The summed E-state index contributed by atoms with van der Waals surface area (Å²) in [5.41, 5.74) is 0.769. The summed E-state index contributed by atoms with van der Waals surface area (Å²) < 4.78 is 24.9. The van der Waals surface area contributed by atoms with Crippen LogP contribution in [0.25, 0.3) is 0 Å². The predicted octanol–water partition coefficient (Wildman–Crippen LogP) is 2.60. The van der Waals surface area contributed by atoms with Crippen molar-refractivity contribution in [1.82, 2.24) is 15.2 Å². The Kier molecular flexibility index (Phi) is 4.30. The number of nitrogens with zero attached hydrogens (tertiary/aromatic N) is 3. The molecule has 0 unspecified atom stereocenters. The Hall–Kier alpha value is -2.14. The molecule has 0 amide bonds. The van der Waals surface area contributed by atoms with Gasteiger partial charge >= 0.3 is 0 Å². The zero-order chi connectivity index (χ0) is 13.7. The molecule has 0 aromatic carbocycles. The topological polar surface area (TPSA) is 77.4 Å². The number of rotatable bonds is 5. The molecule has 0 fully saturated rings. The number of alkyl halides is 2. The molecular formula is C11H9F2N5S. The lowest BCUT2D eigenvalue weighted by atomic mass is 10.3. The van der Waals surface area contributed by atoms with E-state index in [-0.39, 0.29) is 28.2 Å². The highest BCUT2D eigenvalue weighted by Gasteiger charge is 2.18. The zero-order valence-corrected chi connectivity index (χ0v) is 10.4. The molecule has 8 heteroatoms. The Morgan fingerprint density at radius 3 is 2.95 bits per heavy atom. The fraction of sp³-hybridized carbons (Fsp3) is 0.182. The summed E-state index contributed by atoms with van der Waals surface area (Å²) in [4.78, 5) is 4.21. The number of anilines is 1. The minimum Gasteiger partial charge on any atom is -0.362 e. The van der Waals surface area contributed by atoms with Crippen LogP contribution < -0.4 is 5.32 Å². The first-order valence-corrected chi connectivity index (χ1v) is 6.15. The van der Waals surface area contributed by atoms with Crippen LogP contribution >= 0.6 is 11.8 Å². The molecule has 5 nitrogen and oxygen atoms in total. The SMILES string of the molecule is N#Cc1[nH]nc(NCc2ccccn2)c1SC(F)F. The van der Waals surface area contributed by atoms with Gasteiger partial charge in [-0.2, -0.15) is 19.1 Å². The summed E-state index contributed by atoms with van der Waals surface area (Å²) in [6, 6.07) is 7.19. The Morgan fingerprint density at radius 2 is 2.32 bits per heavy atom. The molecule has 19 heavy (non-hydrogen) atoms. The van der Waals surface area contributed by atoms with Crippen molar-refractivity contribution in [2.75, 3.05) is 5.32 Å². The Morgan fingerprint density at radius 1 is 1.47 bits per heavy atom. The molecular weight excluding hydrogens is 272 g/mol. The van der Waals surface area contributed by atoms with Gasteiger partial charge in [-0.3, -0.25) is 10.1 Å². The molecule has 2 rings (SSSR count). The normalized spacial score (nSPS) is 10.4. The third kappa shape index (κ3) is 3.42. The van der Waals surface area contributed by atoms with Crippen LogP contribution in [0.5, 0.6) is 0 Å². The van der Waals surface area contributed by atoms with Crippen molar-refractivity contribution >= 4 is 17.6 Å². The molecule has 0 atom stereocenters. The van der Waals surface area contributed by atoms with Gasteiger partial charge in [-0.05, 0) is 23.9 Å². The van der Waals surface area contributed by atoms with E-state index in [1.54, 1.807) is 24.4 Å². The molecule has 98 valence electrons. The Labute approximate surface area is 112 Å². The number of thioether (sulfide) groups is 1. The smallest absolute Gasteiger partial charge is 0.289 e. The largest absolute Gasteiger partial charge is 0.362 e. The molecule has 0 radical (unpaired) electrons. The van der Waals surface area contributed by atoms with Crippen LogP contribution in [0.15, 0.2) is 29.3 Å². The van der Waals surface area contributed by atoms with Gasteiger partial charge in [-0.1, -0.05) is 6.07 Å². The number of pyridine rings is 1. The quantitative estimate of drug-likeness (QED) is 0.824. The highest BCUT2D eigenvalue weighted by Crippen LogP contribution is 2.33. The van der Waals surface area contributed by atoms with Crippen LogP contribution in [0.2, 0.25) is 0 Å². The molecule has 2 N–H and O–H groups in total. The van der Waals surface area contributed by atoms with E-state index in [2.05, 4.69) is 20.5 Å². The summed E-state index contributed by atoms with van der Waals surface area (Å²) in [6.45, 7) is 0.341. The number of H-pyrrole nitrogens is 1. The van der Waals surface area contributed by atoms with Gasteiger partial charge in [0.2, 0.25) is 0 Å². The summed E-state index contributed by atoms with van der Waals surface area (Å²) in [5, 5.41) is 17.9. The van der Waals surface area contributed by atoms with Crippen LogP contribution in [-0.4, -0.2) is 20.9 Å². The molecule has 0 aliphatic carbocycles. The van der Waals surface area contributed by atoms with Gasteiger partial charge in [0.25, 0.3) is 5.76 Å². The van der Waals surface area contributed by atoms with Crippen molar-refractivity contribution < 1.29 is 8.78 Å². The number of aromatic amines is 1. The number of hydrogen-bond donors (Lipinski definition) is 2. The lowest BCUT2D eigenvalue weighted by Gasteiger charge is -2.05. The van der Waals surface area contributed by atoms with Gasteiger partial charge in [0.05, 0.1) is 17.1 Å². The average Bonchev–Trinajstić information content (AvgIpc) is 2.79. The summed E-state index contributed by atoms with van der Waals surface area (Å²) in [5.74, 6) is -2.38. The van der Waals surface area contributed by atoms with E-state index < -0.39 is 5.76 Å². The average molecular weight is 281 g/mol. The van der Waals surface area contributed by atoms with Crippen LogP contribution in [-0.2, 0) is 6.54 Å². The van der Waals surface area contributed by atoms with Gasteiger partial charge in [-0.15, -0.1) is 0 Å². The molecule has 2 heterocycles. The second-order valence-electron chi connectivity index (χ2n) is 3.44. The molecule has 0 saturated heterocycles. The fourth-order valence-electron chi connectivity index (χ4n) is 1.41. The van der Waals surface area contributed by atoms with Crippen molar-refractivity contribution in [1.29, 1.82) is 5.26 Å². The summed E-state index contributed by atoms with van der Waals surface area (Å²) in [7, 11) is 0. The van der Waals surface area contributed by atoms with Crippen molar-refractivity contribution in [3.8, 4) is 6.07 Å². The van der Waals surface area contributed by atoms with Crippen LogP contribution in [0.1, 0.15) is 11.4 Å². The van der Waals surface area contributed by atoms with E-state index >= 15 is 0 Å². The van der Waals surface area contributed by atoms with E-state index in [9.17, 15) is 8.78 Å². The standard InChI is InChI=1S/C11H9F2N5S/c12-11(13)19-9-8(5-14)17-18-10(9)16-6-7-3-1-2-4-15-7/h1-4,11H,6H2,(H2,16,17,18). The van der Waals surface area contributed by atoms with Gasteiger partial charge in [0.1, 0.15) is 6.07 Å². The number of hydrogen-bond acceptors (Lipinski definition) is 5. The minimum absolute atomic E-state index is 0.0221. The minimum atomic E-state index is -2.61. The maximum Gasteiger partial charge on any atom is 0.289 e. The van der Waals surface area contributed by atoms with Crippen molar-refractivity contribution in [2.24, 2.45) is 0 Å². The monoisotopic (exact) mass is 281 g/mol. The maximum absolute atomic E-state index is 12.4. The molecule has 0 spiro atoms. The highest BCUT2D eigenvalue weighted by molar-refractivity contribution is 7.99. The molecule has 2 aromatic heterocycles. The fourth-order valence-corrected chi connectivity index (χ4v) is 2.02. The van der Waals surface area contributed by atoms with Crippen LogP contribution in [0, 0.1) is 11.3 Å². The third-order valence-corrected chi connectivity index (χ3v) is 3.01. The highest BCUT2D eigenvalue weighted by atomic mass is 32.2. The van der Waals surface area contributed by atoms with Crippen LogP contribution in [0.3, 0.4) is 0 Å². The second kappa shape index (κ2) is 6.15. The van der Waals surface area contributed by atoms with E-state index in [0.29, 0.717) is 6.54 Å². The third-order valence-electron chi connectivity index (χ3n) is 2.20. The van der Waals surface area contributed by atoms with Gasteiger partial charge < -0.3 is 5.32 Å². The van der Waals surface area contributed by atoms with Gasteiger partial charge in [0.15, 0.2) is 11.5 Å². The molecule has 0 bridgehead atoms. The second-order valence-corrected chi connectivity index (χ2v) is 4.44. The van der Waals surface area contributed by atoms with E-state index in [4.69, 9.17) is 5.26 Å². The van der Waals surface area contributed by atoms with Gasteiger partial charge in [-0.25, -0.2) is 0 Å². The van der Waals surface area contributed by atoms with Gasteiger partial charge in [0, 0.05) is 6.20 Å².